The van der Waals surface area contributed by atoms with Gasteiger partial charge < -0.3 is 4.79 Å². The Morgan fingerprint density at radius 1 is 1.25 bits per heavy atom. The smallest absolute Gasteiger partial charge is 0.130 e. The molecule has 0 bridgehead atoms. The van der Waals surface area contributed by atoms with Crippen LogP contribution in [-0.2, 0) is 4.79 Å². The maximum atomic E-state index is 10.9. The highest BCUT2D eigenvalue weighted by Crippen LogP contribution is 2.34. The molecule has 3 unspecified atom stereocenters. The number of carbonyl (C=O) groups is 1. The van der Waals surface area contributed by atoms with Gasteiger partial charge in [-0.1, -0.05) is 20.3 Å². The first-order valence-corrected chi connectivity index (χ1v) is 5.09. The largest absolute Gasteiger partial charge is 0.300 e. The highest BCUT2D eigenvalue weighted by Gasteiger charge is 2.24. The summed E-state index contributed by atoms with van der Waals surface area (Å²) >= 11 is 0. The SMILES string of the molecule is CC(=O)CC1CCC(C)C(C)C1. The fraction of sp³-hybridized carbons (Fsp3) is 0.909. The van der Waals surface area contributed by atoms with Gasteiger partial charge in [-0.25, -0.2) is 0 Å². The van der Waals surface area contributed by atoms with Crippen molar-refractivity contribution in [3.05, 3.63) is 0 Å². The van der Waals surface area contributed by atoms with Crippen LogP contribution in [0.25, 0.3) is 0 Å². The van der Waals surface area contributed by atoms with Crippen LogP contribution in [0.5, 0.6) is 0 Å². The molecule has 1 aliphatic carbocycles. The van der Waals surface area contributed by atoms with E-state index in [9.17, 15) is 4.79 Å². The second-order valence-corrected chi connectivity index (χ2v) is 4.54. The van der Waals surface area contributed by atoms with Crippen LogP contribution < -0.4 is 0 Å². The number of carbonyl (C=O) groups excluding carboxylic acids is 1. The fourth-order valence-corrected chi connectivity index (χ4v) is 2.25. The van der Waals surface area contributed by atoms with Crippen LogP contribution in [0.3, 0.4) is 0 Å². The minimum Gasteiger partial charge on any atom is -0.300 e. The van der Waals surface area contributed by atoms with Crippen molar-refractivity contribution in [1.82, 2.24) is 0 Å². The molecule has 70 valence electrons. The molecular formula is C11H20O. The van der Waals surface area contributed by atoms with E-state index in [1.54, 1.807) is 6.92 Å². The lowest BCUT2D eigenvalue weighted by atomic mass is 9.74. The third kappa shape index (κ3) is 2.62. The fourth-order valence-electron chi connectivity index (χ4n) is 2.25. The van der Waals surface area contributed by atoms with Crippen molar-refractivity contribution < 1.29 is 4.79 Å². The Kier molecular flexibility index (Phi) is 3.30. The van der Waals surface area contributed by atoms with Crippen LogP contribution in [0.15, 0.2) is 0 Å². The minimum atomic E-state index is 0.363. The molecule has 1 heteroatoms. The van der Waals surface area contributed by atoms with Gasteiger partial charge >= 0.3 is 0 Å². The summed E-state index contributed by atoms with van der Waals surface area (Å²) in [5.41, 5.74) is 0. The van der Waals surface area contributed by atoms with Gasteiger partial charge in [0.1, 0.15) is 5.78 Å². The Balaban J connectivity index is 2.35. The Bertz CT molecular complexity index is 162. The van der Waals surface area contributed by atoms with Gasteiger partial charge in [0.2, 0.25) is 0 Å². The summed E-state index contributed by atoms with van der Waals surface area (Å²) in [5.74, 6) is 2.74. The first kappa shape index (κ1) is 9.76. The van der Waals surface area contributed by atoms with E-state index in [2.05, 4.69) is 13.8 Å². The van der Waals surface area contributed by atoms with Gasteiger partial charge in [-0.2, -0.15) is 0 Å². The van der Waals surface area contributed by atoms with Crippen molar-refractivity contribution in [1.29, 1.82) is 0 Å². The molecular weight excluding hydrogens is 148 g/mol. The molecule has 1 rings (SSSR count). The van der Waals surface area contributed by atoms with Gasteiger partial charge in [0, 0.05) is 6.42 Å². The molecule has 0 N–H and O–H groups in total. The van der Waals surface area contributed by atoms with Gasteiger partial charge in [0.15, 0.2) is 0 Å². The van der Waals surface area contributed by atoms with Gasteiger partial charge in [-0.3, -0.25) is 0 Å². The molecule has 1 aliphatic rings. The van der Waals surface area contributed by atoms with Crippen LogP contribution >= 0.6 is 0 Å². The van der Waals surface area contributed by atoms with E-state index in [1.807, 2.05) is 0 Å². The Morgan fingerprint density at radius 3 is 2.42 bits per heavy atom. The molecule has 0 spiro atoms. The molecule has 0 aliphatic heterocycles. The Hall–Kier alpha value is -0.330. The minimum absolute atomic E-state index is 0.363. The molecule has 0 heterocycles. The molecule has 0 radical (unpaired) electrons. The third-order valence-electron chi connectivity index (χ3n) is 3.28. The third-order valence-corrected chi connectivity index (χ3v) is 3.28. The summed E-state index contributed by atoms with van der Waals surface area (Å²) in [6.07, 6.45) is 4.67. The molecule has 1 saturated carbocycles. The van der Waals surface area contributed by atoms with Crippen molar-refractivity contribution in [2.24, 2.45) is 17.8 Å². The topological polar surface area (TPSA) is 17.1 Å². The lowest BCUT2D eigenvalue weighted by Crippen LogP contribution is -2.22. The van der Waals surface area contributed by atoms with Crippen LogP contribution in [0.2, 0.25) is 0 Å². The summed E-state index contributed by atoms with van der Waals surface area (Å²) in [4.78, 5) is 10.9. The zero-order chi connectivity index (χ0) is 9.14. The molecule has 0 amide bonds. The zero-order valence-electron chi connectivity index (χ0n) is 8.47. The predicted octanol–water partition coefficient (Wildman–Crippen LogP) is 3.04. The summed E-state index contributed by atoms with van der Waals surface area (Å²) in [6, 6.07) is 0. The summed E-state index contributed by atoms with van der Waals surface area (Å²) in [5, 5.41) is 0. The Morgan fingerprint density at radius 2 is 1.92 bits per heavy atom. The van der Waals surface area contributed by atoms with Crippen LogP contribution in [-0.4, -0.2) is 5.78 Å². The van der Waals surface area contributed by atoms with Crippen LogP contribution in [0.1, 0.15) is 46.5 Å². The lowest BCUT2D eigenvalue weighted by Gasteiger charge is -2.31. The average molecular weight is 168 g/mol. The molecule has 0 saturated heterocycles. The maximum Gasteiger partial charge on any atom is 0.130 e. The van der Waals surface area contributed by atoms with Gasteiger partial charge in [0.25, 0.3) is 0 Å². The van der Waals surface area contributed by atoms with Crippen LogP contribution in [0.4, 0.5) is 0 Å². The van der Waals surface area contributed by atoms with E-state index in [0.717, 1.165) is 18.3 Å². The monoisotopic (exact) mass is 168 g/mol. The van der Waals surface area contributed by atoms with E-state index in [0.29, 0.717) is 11.7 Å². The predicted molar refractivity (Wildman–Crippen MR) is 51.0 cm³/mol. The molecule has 12 heavy (non-hydrogen) atoms. The molecule has 0 aromatic heterocycles. The van der Waals surface area contributed by atoms with Gasteiger partial charge in [-0.15, -0.1) is 0 Å². The average Bonchev–Trinajstić information content (AvgIpc) is 1.96. The second-order valence-electron chi connectivity index (χ2n) is 4.54. The first-order chi connectivity index (χ1) is 5.59. The van der Waals surface area contributed by atoms with E-state index >= 15 is 0 Å². The Labute approximate surface area is 75.5 Å². The van der Waals surface area contributed by atoms with Crippen molar-refractivity contribution in [2.75, 3.05) is 0 Å². The molecule has 0 aromatic carbocycles. The number of ketones is 1. The highest BCUT2D eigenvalue weighted by molar-refractivity contribution is 5.75. The van der Waals surface area contributed by atoms with Crippen molar-refractivity contribution in [2.45, 2.75) is 46.5 Å². The van der Waals surface area contributed by atoms with Crippen molar-refractivity contribution >= 4 is 5.78 Å². The lowest BCUT2D eigenvalue weighted by molar-refractivity contribution is -0.118. The molecule has 0 aromatic rings. The molecule has 1 nitrogen and oxygen atoms in total. The molecule has 1 fully saturated rings. The van der Waals surface area contributed by atoms with Crippen LogP contribution in [0, 0.1) is 17.8 Å². The van der Waals surface area contributed by atoms with E-state index in [4.69, 9.17) is 0 Å². The number of hydrogen-bond acceptors (Lipinski definition) is 1. The van der Waals surface area contributed by atoms with E-state index in [1.165, 1.54) is 19.3 Å². The summed E-state index contributed by atoms with van der Waals surface area (Å²) in [6.45, 7) is 6.36. The standard InChI is InChI=1S/C11H20O/c1-8-4-5-11(6-9(8)2)7-10(3)12/h8-9,11H,4-7H2,1-3H3. The number of rotatable bonds is 2. The summed E-state index contributed by atoms with van der Waals surface area (Å²) < 4.78 is 0. The highest BCUT2D eigenvalue weighted by atomic mass is 16.1. The van der Waals surface area contributed by atoms with E-state index in [-0.39, 0.29) is 0 Å². The number of hydrogen-bond donors (Lipinski definition) is 0. The molecule has 3 atom stereocenters. The maximum absolute atomic E-state index is 10.9. The normalized spacial score (nSPS) is 36.4. The van der Waals surface area contributed by atoms with Crippen molar-refractivity contribution in [3.8, 4) is 0 Å². The quantitative estimate of drug-likeness (QED) is 0.619. The van der Waals surface area contributed by atoms with Gasteiger partial charge in [-0.05, 0) is 37.5 Å². The second kappa shape index (κ2) is 4.06. The zero-order valence-corrected chi connectivity index (χ0v) is 8.47. The number of Topliss-reactive ketones (excluding diaryl/α,β-unsaturated/α-hetero) is 1. The van der Waals surface area contributed by atoms with E-state index < -0.39 is 0 Å². The summed E-state index contributed by atoms with van der Waals surface area (Å²) in [7, 11) is 0. The van der Waals surface area contributed by atoms with Crippen molar-refractivity contribution in [3.63, 3.8) is 0 Å². The first-order valence-electron chi connectivity index (χ1n) is 5.09. The van der Waals surface area contributed by atoms with Gasteiger partial charge in [0.05, 0.1) is 0 Å².